The van der Waals surface area contributed by atoms with Gasteiger partial charge in [0.25, 0.3) is 5.91 Å². The Balaban J connectivity index is 1.47. The van der Waals surface area contributed by atoms with Crippen molar-refractivity contribution in [2.24, 2.45) is 0 Å². The van der Waals surface area contributed by atoms with Gasteiger partial charge in [-0.1, -0.05) is 54.5 Å². The molecule has 0 radical (unpaired) electrons. The summed E-state index contributed by atoms with van der Waals surface area (Å²) in [5, 5.41) is 22.1. The van der Waals surface area contributed by atoms with E-state index >= 15 is 0 Å². The molecule has 2 aromatic carbocycles. The number of ether oxygens (including phenoxy) is 1. The third-order valence-corrected chi connectivity index (χ3v) is 4.61. The van der Waals surface area contributed by atoms with Crippen molar-refractivity contribution in [3.63, 3.8) is 0 Å². The van der Waals surface area contributed by atoms with Gasteiger partial charge in [-0.2, -0.15) is 0 Å². The van der Waals surface area contributed by atoms with Crippen LogP contribution in [0.15, 0.2) is 48.5 Å². The van der Waals surface area contributed by atoms with E-state index in [0.29, 0.717) is 0 Å². The Morgan fingerprint density at radius 3 is 2.20 bits per heavy atom. The van der Waals surface area contributed by atoms with E-state index in [-0.39, 0.29) is 19.1 Å². The van der Waals surface area contributed by atoms with Gasteiger partial charge >= 0.3 is 12.1 Å². The van der Waals surface area contributed by atoms with Gasteiger partial charge in [0.1, 0.15) is 6.61 Å². The number of nitrogens with one attached hydrogen (secondary N) is 2. The highest BCUT2D eigenvalue weighted by Gasteiger charge is 2.28. The number of carbonyl (C=O) groups is 3. The van der Waals surface area contributed by atoms with E-state index in [1.54, 1.807) is 0 Å². The number of carbonyl (C=O) groups excluding carboxylic acids is 2. The summed E-state index contributed by atoms with van der Waals surface area (Å²) < 4.78 is 5.34. The van der Waals surface area contributed by atoms with Gasteiger partial charge in [-0.15, -0.1) is 0 Å². The molecule has 0 saturated carbocycles. The lowest BCUT2D eigenvalue weighted by Crippen LogP contribution is -2.36. The smallest absolute Gasteiger partial charge is 0.407 e. The molecule has 2 aromatic rings. The number of hydrogen-bond acceptors (Lipinski definition) is 5. The number of benzene rings is 2. The van der Waals surface area contributed by atoms with Crippen LogP contribution in [0.1, 0.15) is 17.0 Å². The first-order chi connectivity index (χ1) is 14.5. The molecule has 4 N–H and O–H groups in total. The Morgan fingerprint density at radius 1 is 1.00 bits per heavy atom. The third kappa shape index (κ3) is 4.96. The van der Waals surface area contributed by atoms with Gasteiger partial charge in [0, 0.05) is 5.92 Å². The molecule has 0 heterocycles. The average Bonchev–Trinajstić information content (AvgIpc) is 3.07. The number of carboxylic acid groups (broad SMARTS) is 1. The van der Waals surface area contributed by atoms with Gasteiger partial charge in [0.15, 0.2) is 6.10 Å². The van der Waals surface area contributed by atoms with Crippen LogP contribution in [0.5, 0.6) is 0 Å². The van der Waals surface area contributed by atoms with Gasteiger partial charge in [-0.05, 0) is 28.2 Å². The van der Waals surface area contributed by atoms with Crippen molar-refractivity contribution in [3.05, 3.63) is 59.7 Å². The lowest BCUT2D eigenvalue weighted by Gasteiger charge is -2.14. The van der Waals surface area contributed by atoms with Crippen LogP contribution >= 0.6 is 0 Å². The van der Waals surface area contributed by atoms with Gasteiger partial charge in [0.05, 0.1) is 13.1 Å². The van der Waals surface area contributed by atoms with E-state index in [4.69, 9.17) is 14.9 Å². The van der Waals surface area contributed by atoms with E-state index in [1.165, 1.54) is 0 Å². The Bertz CT molecular complexity index is 978. The Kier molecular flexibility index (Phi) is 6.67. The fourth-order valence-corrected chi connectivity index (χ4v) is 3.21. The van der Waals surface area contributed by atoms with E-state index in [0.717, 1.165) is 22.3 Å². The largest absolute Gasteiger partial charge is 0.479 e. The zero-order valence-corrected chi connectivity index (χ0v) is 15.9. The molecular formula is C22H20N2O6. The lowest BCUT2D eigenvalue weighted by molar-refractivity contribution is -0.146. The van der Waals surface area contributed by atoms with Crippen molar-refractivity contribution in [3.8, 4) is 23.0 Å². The highest BCUT2D eigenvalue weighted by Crippen LogP contribution is 2.44. The summed E-state index contributed by atoms with van der Waals surface area (Å²) in [7, 11) is 0. The number of fused-ring (bicyclic) bond motifs is 3. The molecule has 30 heavy (non-hydrogen) atoms. The summed E-state index contributed by atoms with van der Waals surface area (Å²) in [6.45, 7) is -0.408. The summed E-state index contributed by atoms with van der Waals surface area (Å²) in [6.07, 6.45) is -2.36. The van der Waals surface area contributed by atoms with E-state index in [9.17, 15) is 14.4 Å². The standard InChI is InChI=1S/C22H20N2O6/c25-19(21(27)28)12-24-20(26)10-5-11-23-22(29)30-13-18-16-8-3-1-6-14(16)15-7-2-4-9-17(15)18/h1-4,6-9,18-19,25H,11-13H2,(H,23,29)(H,24,26)(H,27,28). The Morgan fingerprint density at radius 2 is 1.60 bits per heavy atom. The van der Waals surface area contributed by atoms with E-state index in [1.807, 2.05) is 48.5 Å². The molecule has 8 heteroatoms. The van der Waals surface area contributed by atoms with Crippen LogP contribution < -0.4 is 10.6 Å². The van der Waals surface area contributed by atoms with Crippen LogP contribution in [-0.2, 0) is 14.3 Å². The predicted molar refractivity (Wildman–Crippen MR) is 108 cm³/mol. The molecule has 8 nitrogen and oxygen atoms in total. The quantitative estimate of drug-likeness (QED) is 0.531. The predicted octanol–water partition coefficient (Wildman–Crippen LogP) is 1.09. The Labute approximate surface area is 172 Å². The minimum atomic E-state index is -1.70. The fraction of sp³-hybridized carbons (Fsp3) is 0.227. The average molecular weight is 408 g/mol. The molecule has 1 unspecified atom stereocenters. The number of amides is 2. The van der Waals surface area contributed by atoms with Crippen LogP contribution in [0.4, 0.5) is 4.79 Å². The van der Waals surface area contributed by atoms with Crippen molar-refractivity contribution in [2.75, 3.05) is 19.7 Å². The van der Waals surface area contributed by atoms with Crippen LogP contribution in [0.2, 0.25) is 0 Å². The molecule has 154 valence electrons. The number of aliphatic hydroxyl groups excluding tert-OH is 1. The molecule has 0 aliphatic heterocycles. The zero-order chi connectivity index (χ0) is 21.5. The van der Waals surface area contributed by atoms with Crippen LogP contribution in [0.25, 0.3) is 11.1 Å². The molecule has 1 atom stereocenters. The highest BCUT2D eigenvalue weighted by atomic mass is 16.5. The second-order valence-corrected chi connectivity index (χ2v) is 6.54. The van der Waals surface area contributed by atoms with Gasteiger partial charge in [-0.25, -0.2) is 9.59 Å². The van der Waals surface area contributed by atoms with Crippen LogP contribution in [-0.4, -0.2) is 54.0 Å². The molecule has 0 fully saturated rings. The maximum Gasteiger partial charge on any atom is 0.407 e. The maximum absolute atomic E-state index is 12.0. The SMILES string of the molecule is O=C(C#CCNC(=O)OCC1c2ccccc2-c2ccccc21)NCC(O)C(=O)O. The van der Waals surface area contributed by atoms with Crippen molar-refractivity contribution in [1.29, 1.82) is 0 Å². The van der Waals surface area contributed by atoms with Crippen LogP contribution in [0.3, 0.4) is 0 Å². The molecule has 2 amide bonds. The fourth-order valence-electron chi connectivity index (χ4n) is 3.21. The first-order valence-corrected chi connectivity index (χ1v) is 9.23. The first kappa shape index (κ1) is 20.9. The molecule has 3 rings (SSSR count). The summed E-state index contributed by atoms with van der Waals surface area (Å²) >= 11 is 0. The van der Waals surface area contributed by atoms with Crippen molar-refractivity contribution < 1.29 is 29.3 Å². The second kappa shape index (κ2) is 9.58. The van der Waals surface area contributed by atoms with E-state index < -0.39 is 30.6 Å². The molecule has 1 aliphatic rings. The van der Waals surface area contributed by atoms with Crippen molar-refractivity contribution in [1.82, 2.24) is 10.6 Å². The summed E-state index contributed by atoms with van der Waals surface area (Å²) in [5.74, 6) is 2.35. The minimum Gasteiger partial charge on any atom is -0.479 e. The minimum absolute atomic E-state index is 0.0549. The number of carboxylic acids is 1. The van der Waals surface area contributed by atoms with Crippen molar-refractivity contribution in [2.45, 2.75) is 12.0 Å². The summed E-state index contributed by atoms with van der Waals surface area (Å²) in [4.78, 5) is 33.8. The third-order valence-electron chi connectivity index (χ3n) is 4.61. The normalized spacial score (nSPS) is 12.6. The molecule has 0 bridgehead atoms. The topological polar surface area (TPSA) is 125 Å². The van der Waals surface area contributed by atoms with Gasteiger partial charge < -0.3 is 25.6 Å². The molecule has 1 aliphatic carbocycles. The van der Waals surface area contributed by atoms with Crippen LogP contribution in [0, 0.1) is 11.8 Å². The molecular weight excluding hydrogens is 388 g/mol. The zero-order valence-electron chi connectivity index (χ0n) is 15.9. The van der Waals surface area contributed by atoms with Gasteiger partial charge in [-0.3, -0.25) is 4.79 Å². The first-order valence-electron chi connectivity index (χ1n) is 9.23. The summed E-state index contributed by atoms with van der Waals surface area (Å²) in [6, 6.07) is 16.0. The Hall–Kier alpha value is -3.83. The highest BCUT2D eigenvalue weighted by molar-refractivity contribution is 5.93. The molecule has 0 saturated heterocycles. The van der Waals surface area contributed by atoms with E-state index in [2.05, 4.69) is 22.5 Å². The molecule has 0 spiro atoms. The number of aliphatic carboxylic acids is 1. The number of hydrogen-bond donors (Lipinski definition) is 4. The number of alkyl carbamates (subject to hydrolysis) is 1. The lowest BCUT2D eigenvalue weighted by atomic mass is 9.98. The second-order valence-electron chi connectivity index (χ2n) is 6.54. The maximum atomic E-state index is 12.0. The van der Waals surface area contributed by atoms with Crippen molar-refractivity contribution >= 4 is 18.0 Å². The number of aliphatic hydroxyl groups is 1. The summed E-state index contributed by atoms with van der Waals surface area (Å²) in [5.41, 5.74) is 4.47. The van der Waals surface area contributed by atoms with Gasteiger partial charge in [0.2, 0.25) is 0 Å². The number of rotatable bonds is 6. The monoisotopic (exact) mass is 408 g/mol. The molecule has 0 aromatic heterocycles.